The largest absolute Gasteiger partial charge is 0.456 e. The lowest BCUT2D eigenvalue weighted by atomic mass is 9.92. The van der Waals surface area contributed by atoms with Crippen molar-refractivity contribution in [3.8, 4) is 56.4 Å². The average Bonchev–Trinajstić information content (AvgIpc) is 3.74. The fourth-order valence-corrected chi connectivity index (χ4v) is 7.27. The van der Waals surface area contributed by atoms with E-state index in [1.54, 1.807) is 12.1 Å². The number of para-hydroxylation sites is 1. The summed E-state index contributed by atoms with van der Waals surface area (Å²) < 4.78 is 104. The minimum atomic E-state index is -0.612. The van der Waals surface area contributed by atoms with Crippen molar-refractivity contribution in [1.29, 1.82) is 0 Å². The zero-order valence-corrected chi connectivity index (χ0v) is 28.8. The van der Waals surface area contributed by atoms with Crippen LogP contribution in [0.5, 0.6) is 0 Å². The van der Waals surface area contributed by atoms with Crippen molar-refractivity contribution in [3.63, 3.8) is 0 Å². The molecule has 0 N–H and O–H groups in total. The van der Waals surface area contributed by atoms with Gasteiger partial charge in [-0.3, -0.25) is 0 Å². The summed E-state index contributed by atoms with van der Waals surface area (Å²) in [5.74, 6) is 1.42. The molecular formula is C51H31N3O. The number of nitrogens with zero attached hydrogens (tertiary/aromatic N) is 3. The molecule has 0 aliphatic carbocycles. The molecule has 0 atom stereocenters. The standard InChI is InChI=1S/C51H31N3O/c1-2-12-34(13-3-1)49-52-50(54-51(53-49)44-21-11-23-47-48(44)43-20-8-9-22-46(43)55-47)37-15-10-14-35(30-37)32-24-26-33(27-25-32)36-28-29-42-40-18-5-4-16-38(40)39-17-6-7-19-41(39)45(42)31-36/h1-31H/i4D,5D,6D,7D,16D,17D,18D,19D,28D,29D,31D. The second kappa shape index (κ2) is 12.6. The number of rotatable bonds is 5. The monoisotopic (exact) mass is 712 g/mol. The summed E-state index contributed by atoms with van der Waals surface area (Å²) in [7, 11) is 0. The molecule has 0 amide bonds. The Bertz CT molecular complexity index is 3850. The normalized spacial score (nSPS) is 14.4. The number of hydrogen-bond donors (Lipinski definition) is 0. The van der Waals surface area contributed by atoms with Crippen molar-refractivity contribution in [3.05, 3.63) is 188 Å². The minimum absolute atomic E-state index is 0.0216. The van der Waals surface area contributed by atoms with Crippen LogP contribution < -0.4 is 0 Å². The maximum absolute atomic E-state index is 9.59. The van der Waals surface area contributed by atoms with Gasteiger partial charge in [-0.2, -0.15) is 0 Å². The molecular weight excluding hydrogens is 671 g/mol. The smallest absolute Gasteiger partial charge is 0.164 e. The molecule has 4 heteroatoms. The molecule has 0 bridgehead atoms. The van der Waals surface area contributed by atoms with Gasteiger partial charge in [0.2, 0.25) is 0 Å². The van der Waals surface area contributed by atoms with Gasteiger partial charge in [0.25, 0.3) is 0 Å². The van der Waals surface area contributed by atoms with Gasteiger partial charge in [-0.15, -0.1) is 0 Å². The summed E-state index contributed by atoms with van der Waals surface area (Å²) in [6.07, 6.45) is 0. The van der Waals surface area contributed by atoms with Crippen LogP contribution >= 0.6 is 0 Å². The number of furan rings is 1. The Morgan fingerprint density at radius 2 is 0.909 bits per heavy atom. The highest BCUT2D eigenvalue weighted by Crippen LogP contribution is 2.39. The molecule has 2 heterocycles. The van der Waals surface area contributed by atoms with E-state index >= 15 is 0 Å². The Hall–Kier alpha value is -7.43. The van der Waals surface area contributed by atoms with E-state index in [4.69, 9.17) is 30.3 Å². The topological polar surface area (TPSA) is 51.8 Å². The van der Waals surface area contributed by atoms with Crippen molar-refractivity contribution in [2.45, 2.75) is 0 Å². The van der Waals surface area contributed by atoms with Gasteiger partial charge >= 0.3 is 0 Å². The summed E-state index contributed by atoms with van der Waals surface area (Å²) in [5.41, 5.74) is 5.80. The number of benzene rings is 9. The Balaban J connectivity index is 1.06. The second-order valence-electron chi connectivity index (χ2n) is 13.1. The van der Waals surface area contributed by atoms with Crippen molar-refractivity contribution in [1.82, 2.24) is 15.0 Å². The number of fused-ring (bicyclic) bond motifs is 9. The zero-order valence-electron chi connectivity index (χ0n) is 39.8. The second-order valence-corrected chi connectivity index (χ2v) is 13.1. The Labute approximate surface area is 332 Å². The van der Waals surface area contributed by atoms with E-state index in [9.17, 15) is 4.11 Å². The summed E-state index contributed by atoms with van der Waals surface area (Å²) in [6, 6.07) is 32.4. The van der Waals surface area contributed by atoms with Crippen LogP contribution in [0.15, 0.2) is 192 Å². The average molecular weight is 713 g/mol. The molecule has 0 aliphatic heterocycles. The van der Waals surface area contributed by atoms with Crippen LogP contribution in [0.3, 0.4) is 0 Å². The van der Waals surface area contributed by atoms with Crippen molar-refractivity contribution < 1.29 is 19.5 Å². The van der Waals surface area contributed by atoms with E-state index in [0.29, 0.717) is 28.6 Å². The minimum Gasteiger partial charge on any atom is -0.456 e. The van der Waals surface area contributed by atoms with Gasteiger partial charge in [0, 0.05) is 27.5 Å². The molecule has 0 fully saturated rings. The lowest BCUT2D eigenvalue weighted by Crippen LogP contribution is -2.00. The highest BCUT2D eigenvalue weighted by atomic mass is 16.3. The molecule has 9 aromatic carbocycles. The number of aromatic nitrogens is 3. The van der Waals surface area contributed by atoms with E-state index < -0.39 is 54.4 Å². The highest BCUT2D eigenvalue weighted by Gasteiger charge is 2.18. The molecule has 4 nitrogen and oxygen atoms in total. The van der Waals surface area contributed by atoms with Gasteiger partial charge in [0.1, 0.15) is 11.2 Å². The first-order chi connectivity index (χ1) is 31.8. The first-order valence-corrected chi connectivity index (χ1v) is 17.6. The zero-order chi connectivity index (χ0) is 45.9. The molecule has 0 radical (unpaired) electrons. The van der Waals surface area contributed by atoms with Gasteiger partial charge in [-0.05, 0) is 78.8 Å². The van der Waals surface area contributed by atoms with Crippen LogP contribution in [0, 0.1) is 0 Å². The van der Waals surface area contributed by atoms with E-state index in [2.05, 4.69) is 0 Å². The quantitative estimate of drug-likeness (QED) is 0.167. The van der Waals surface area contributed by atoms with Crippen LogP contribution in [-0.4, -0.2) is 15.0 Å². The third-order valence-electron chi connectivity index (χ3n) is 9.88. The SMILES string of the molecule is [2H]c1c([2H])c([2H])c2c(c1[2H])c1c([2H])c([2H])c([2H])c([2H])c1c1c([2H])c(-c3ccc(-c4cccc(-c5nc(-c6ccccc6)nc(-c6cccc7oc8ccccc8c67)n5)c4)cc3)c([2H])c([2H])c21. The van der Waals surface area contributed by atoms with Gasteiger partial charge in [-0.25, -0.2) is 15.0 Å². The molecule has 0 unspecified atom stereocenters. The van der Waals surface area contributed by atoms with Gasteiger partial charge < -0.3 is 4.42 Å². The lowest BCUT2D eigenvalue weighted by Gasteiger charge is -2.12. The van der Waals surface area contributed by atoms with Crippen LogP contribution in [0.1, 0.15) is 15.1 Å². The van der Waals surface area contributed by atoms with Crippen LogP contribution in [-0.2, 0) is 0 Å². The molecule has 11 rings (SSSR count). The third kappa shape index (κ3) is 5.26. The van der Waals surface area contributed by atoms with Crippen molar-refractivity contribution in [2.75, 3.05) is 0 Å². The summed E-state index contributed by atoms with van der Waals surface area (Å²) in [5, 5.41) is 0.849. The molecule has 2 aromatic heterocycles. The first-order valence-electron chi connectivity index (χ1n) is 23.1. The molecule has 0 saturated carbocycles. The number of hydrogen-bond acceptors (Lipinski definition) is 4. The fraction of sp³-hybridized carbons (Fsp3) is 0. The molecule has 0 spiro atoms. The Morgan fingerprint density at radius 1 is 0.364 bits per heavy atom. The molecule has 256 valence electrons. The summed E-state index contributed by atoms with van der Waals surface area (Å²) in [4.78, 5) is 15.0. The van der Waals surface area contributed by atoms with Gasteiger partial charge in [0.15, 0.2) is 17.5 Å². The summed E-state index contributed by atoms with van der Waals surface area (Å²) >= 11 is 0. The van der Waals surface area contributed by atoms with E-state index in [-0.39, 0.29) is 50.0 Å². The molecule has 11 aromatic rings. The van der Waals surface area contributed by atoms with Gasteiger partial charge in [-0.1, -0.05) is 164 Å². The fourth-order valence-electron chi connectivity index (χ4n) is 7.27. The van der Waals surface area contributed by atoms with E-state index in [0.717, 1.165) is 44.2 Å². The maximum Gasteiger partial charge on any atom is 0.164 e. The Kier molecular flexibility index (Phi) is 5.03. The lowest BCUT2D eigenvalue weighted by molar-refractivity contribution is 0.669. The molecule has 0 aliphatic rings. The van der Waals surface area contributed by atoms with Crippen LogP contribution in [0.4, 0.5) is 0 Å². The van der Waals surface area contributed by atoms with Crippen molar-refractivity contribution in [2.24, 2.45) is 0 Å². The maximum atomic E-state index is 9.59. The van der Waals surface area contributed by atoms with E-state index in [1.165, 1.54) is 0 Å². The van der Waals surface area contributed by atoms with Crippen LogP contribution in [0.2, 0.25) is 0 Å². The van der Waals surface area contributed by atoms with E-state index in [1.807, 2.05) is 109 Å². The van der Waals surface area contributed by atoms with Crippen LogP contribution in [0.25, 0.3) is 111 Å². The van der Waals surface area contributed by atoms with Crippen molar-refractivity contribution >= 4 is 54.3 Å². The first kappa shape index (κ1) is 21.9. The predicted molar refractivity (Wildman–Crippen MR) is 227 cm³/mol. The predicted octanol–water partition coefficient (Wildman–Crippen LogP) is 13.6. The molecule has 0 saturated heterocycles. The highest BCUT2D eigenvalue weighted by molar-refractivity contribution is 6.25. The molecule has 55 heavy (non-hydrogen) atoms. The summed E-state index contributed by atoms with van der Waals surface area (Å²) in [6.45, 7) is 0. The third-order valence-corrected chi connectivity index (χ3v) is 9.88. The Morgan fingerprint density at radius 3 is 1.65 bits per heavy atom. The van der Waals surface area contributed by atoms with Gasteiger partial charge in [0.05, 0.1) is 15.1 Å².